The lowest BCUT2D eigenvalue weighted by Crippen LogP contribution is -2.20. The topological polar surface area (TPSA) is 16.1 Å². The lowest BCUT2D eigenvalue weighted by molar-refractivity contribution is 0.332. The van der Waals surface area contributed by atoms with Gasteiger partial charge in [0.15, 0.2) is 0 Å². The molecule has 0 saturated carbocycles. The van der Waals surface area contributed by atoms with Crippen molar-refractivity contribution in [3.63, 3.8) is 0 Å². The Morgan fingerprint density at radius 1 is 1.08 bits per heavy atom. The SMILES string of the molecule is Clc1ccccc1CN1CC[C@H](Sc2cc3ccncc3cc2Cl)C1. The molecule has 0 radical (unpaired) electrons. The lowest BCUT2D eigenvalue weighted by Gasteiger charge is -2.17. The highest BCUT2D eigenvalue weighted by Gasteiger charge is 2.24. The van der Waals surface area contributed by atoms with Crippen LogP contribution < -0.4 is 0 Å². The zero-order valence-corrected chi connectivity index (χ0v) is 16.0. The molecular formula is C20H18Cl2N2S. The van der Waals surface area contributed by atoms with E-state index in [2.05, 4.69) is 22.0 Å². The first-order chi connectivity index (χ1) is 12.2. The number of hydrogen-bond acceptors (Lipinski definition) is 3. The summed E-state index contributed by atoms with van der Waals surface area (Å²) in [5, 5.41) is 4.50. The van der Waals surface area contributed by atoms with E-state index in [1.165, 1.54) is 17.4 Å². The number of likely N-dealkylation sites (tertiary alicyclic amines) is 1. The lowest BCUT2D eigenvalue weighted by atomic mass is 10.2. The summed E-state index contributed by atoms with van der Waals surface area (Å²) in [5.41, 5.74) is 1.20. The average Bonchev–Trinajstić information content (AvgIpc) is 3.05. The molecule has 1 fully saturated rings. The third-order valence-electron chi connectivity index (χ3n) is 4.57. The van der Waals surface area contributed by atoms with Crippen molar-refractivity contribution in [2.24, 2.45) is 0 Å². The molecule has 2 heterocycles. The molecule has 3 aromatic rings. The third kappa shape index (κ3) is 3.95. The normalized spacial score (nSPS) is 18.1. The van der Waals surface area contributed by atoms with Crippen molar-refractivity contribution in [2.45, 2.75) is 23.1 Å². The second-order valence-corrected chi connectivity index (χ2v) is 8.52. The Morgan fingerprint density at radius 3 is 2.84 bits per heavy atom. The maximum atomic E-state index is 6.49. The summed E-state index contributed by atoms with van der Waals surface area (Å²) < 4.78 is 0. The van der Waals surface area contributed by atoms with Gasteiger partial charge >= 0.3 is 0 Å². The Labute approximate surface area is 162 Å². The average molecular weight is 389 g/mol. The van der Waals surface area contributed by atoms with E-state index in [-0.39, 0.29) is 0 Å². The van der Waals surface area contributed by atoms with Crippen molar-refractivity contribution in [1.29, 1.82) is 0 Å². The van der Waals surface area contributed by atoms with Gasteiger partial charge in [0.2, 0.25) is 0 Å². The van der Waals surface area contributed by atoms with Gasteiger partial charge in [0.25, 0.3) is 0 Å². The van der Waals surface area contributed by atoms with Crippen LogP contribution in [-0.4, -0.2) is 28.2 Å². The third-order valence-corrected chi connectivity index (χ3v) is 6.67. The number of hydrogen-bond donors (Lipinski definition) is 0. The number of aromatic nitrogens is 1. The van der Waals surface area contributed by atoms with Crippen molar-refractivity contribution in [1.82, 2.24) is 9.88 Å². The van der Waals surface area contributed by atoms with E-state index in [1.54, 1.807) is 0 Å². The van der Waals surface area contributed by atoms with E-state index in [0.29, 0.717) is 5.25 Å². The van der Waals surface area contributed by atoms with Gasteiger partial charge in [-0.3, -0.25) is 9.88 Å². The first-order valence-corrected chi connectivity index (χ1v) is 9.98. The molecule has 0 N–H and O–H groups in total. The van der Waals surface area contributed by atoms with E-state index in [4.69, 9.17) is 23.2 Å². The van der Waals surface area contributed by atoms with Crippen LogP contribution in [-0.2, 0) is 6.54 Å². The maximum absolute atomic E-state index is 6.49. The van der Waals surface area contributed by atoms with Gasteiger partial charge in [-0.05, 0) is 48.2 Å². The molecule has 1 saturated heterocycles. The highest BCUT2D eigenvalue weighted by Crippen LogP contribution is 2.37. The molecule has 2 aromatic carbocycles. The van der Waals surface area contributed by atoms with Crippen LogP contribution in [0.2, 0.25) is 10.0 Å². The van der Waals surface area contributed by atoms with Gasteiger partial charge in [-0.25, -0.2) is 0 Å². The van der Waals surface area contributed by atoms with Crippen molar-refractivity contribution in [3.8, 4) is 0 Å². The van der Waals surface area contributed by atoms with Gasteiger partial charge in [0.1, 0.15) is 0 Å². The molecular weight excluding hydrogens is 371 g/mol. The minimum atomic E-state index is 0.555. The van der Waals surface area contributed by atoms with Gasteiger partial charge in [-0.15, -0.1) is 11.8 Å². The van der Waals surface area contributed by atoms with Gasteiger partial charge in [-0.1, -0.05) is 41.4 Å². The molecule has 2 nitrogen and oxygen atoms in total. The summed E-state index contributed by atoms with van der Waals surface area (Å²) in [6, 6.07) is 14.3. The number of benzene rings is 2. The Balaban J connectivity index is 1.44. The van der Waals surface area contributed by atoms with Crippen molar-refractivity contribution in [2.75, 3.05) is 13.1 Å². The van der Waals surface area contributed by atoms with Crippen molar-refractivity contribution < 1.29 is 0 Å². The Morgan fingerprint density at radius 2 is 1.96 bits per heavy atom. The first kappa shape index (κ1) is 17.2. The van der Waals surface area contributed by atoms with Gasteiger partial charge in [0.05, 0.1) is 5.02 Å². The Bertz CT molecular complexity index is 900. The van der Waals surface area contributed by atoms with E-state index >= 15 is 0 Å². The summed E-state index contributed by atoms with van der Waals surface area (Å²) >= 11 is 14.7. The number of halogens is 2. The number of thioether (sulfide) groups is 1. The second kappa shape index (κ2) is 7.55. The fourth-order valence-corrected chi connectivity index (χ4v) is 5.00. The van der Waals surface area contributed by atoms with Gasteiger partial charge in [-0.2, -0.15) is 0 Å². The van der Waals surface area contributed by atoms with Crippen LogP contribution in [0.3, 0.4) is 0 Å². The molecule has 0 unspecified atom stereocenters. The van der Waals surface area contributed by atoms with Gasteiger partial charge < -0.3 is 0 Å². The molecule has 0 amide bonds. The molecule has 1 aliphatic heterocycles. The molecule has 5 heteroatoms. The maximum Gasteiger partial charge on any atom is 0.0548 e. The van der Waals surface area contributed by atoms with E-state index in [1.807, 2.05) is 54.5 Å². The Kier molecular flexibility index (Phi) is 5.18. The van der Waals surface area contributed by atoms with Crippen LogP contribution in [0, 0.1) is 0 Å². The minimum absolute atomic E-state index is 0.555. The van der Waals surface area contributed by atoms with E-state index < -0.39 is 0 Å². The summed E-state index contributed by atoms with van der Waals surface area (Å²) in [6.07, 6.45) is 4.85. The molecule has 0 spiro atoms. The van der Waals surface area contributed by atoms with Gasteiger partial charge in [0, 0.05) is 46.0 Å². The molecule has 1 aliphatic rings. The predicted octanol–water partition coefficient (Wildman–Crippen LogP) is 5.91. The molecule has 1 atom stereocenters. The fraction of sp³-hybridized carbons (Fsp3) is 0.250. The number of nitrogens with zero attached hydrogens (tertiary/aromatic N) is 2. The van der Waals surface area contributed by atoms with Crippen molar-refractivity contribution >= 4 is 45.7 Å². The monoisotopic (exact) mass is 388 g/mol. The van der Waals surface area contributed by atoms with Crippen LogP contribution in [0.25, 0.3) is 10.8 Å². The van der Waals surface area contributed by atoms with Crippen LogP contribution in [0.4, 0.5) is 0 Å². The minimum Gasteiger partial charge on any atom is -0.298 e. The largest absolute Gasteiger partial charge is 0.298 e. The fourth-order valence-electron chi connectivity index (χ4n) is 3.26. The van der Waals surface area contributed by atoms with Crippen LogP contribution in [0.15, 0.2) is 59.8 Å². The number of fused-ring (bicyclic) bond motifs is 1. The highest BCUT2D eigenvalue weighted by molar-refractivity contribution is 8.00. The number of pyridine rings is 1. The summed E-state index contributed by atoms with van der Waals surface area (Å²) in [5.74, 6) is 0. The molecule has 25 heavy (non-hydrogen) atoms. The summed E-state index contributed by atoms with van der Waals surface area (Å²) in [4.78, 5) is 7.79. The Hall–Kier alpha value is -1.26. The van der Waals surface area contributed by atoms with Crippen molar-refractivity contribution in [3.05, 3.63) is 70.5 Å². The summed E-state index contributed by atoms with van der Waals surface area (Å²) in [7, 11) is 0. The molecule has 1 aromatic heterocycles. The van der Waals surface area contributed by atoms with Crippen LogP contribution >= 0.6 is 35.0 Å². The van der Waals surface area contributed by atoms with E-state index in [9.17, 15) is 0 Å². The highest BCUT2D eigenvalue weighted by atomic mass is 35.5. The van der Waals surface area contributed by atoms with E-state index in [0.717, 1.165) is 40.0 Å². The summed E-state index contributed by atoms with van der Waals surface area (Å²) in [6.45, 7) is 3.06. The molecule has 4 rings (SSSR count). The molecule has 0 bridgehead atoms. The van der Waals surface area contributed by atoms with Crippen LogP contribution in [0.1, 0.15) is 12.0 Å². The quantitative estimate of drug-likeness (QED) is 0.552. The molecule has 0 aliphatic carbocycles. The zero-order valence-electron chi connectivity index (χ0n) is 13.7. The number of rotatable bonds is 4. The second-order valence-electron chi connectivity index (χ2n) is 6.36. The first-order valence-electron chi connectivity index (χ1n) is 8.35. The predicted molar refractivity (Wildman–Crippen MR) is 108 cm³/mol. The smallest absolute Gasteiger partial charge is 0.0548 e. The standard InChI is InChI=1S/C20H18Cl2N2S/c21-18-4-2-1-3-15(18)12-24-8-6-17(13-24)25-20-10-14-5-7-23-11-16(14)9-19(20)22/h1-5,7,9-11,17H,6,8,12-13H2/t17-/m0/s1. The van der Waals surface area contributed by atoms with Crippen LogP contribution in [0.5, 0.6) is 0 Å². The zero-order chi connectivity index (χ0) is 17.2. The molecule has 128 valence electrons.